The molecule has 0 amide bonds. The smallest absolute Gasteiger partial charge is 0.238 e. The second-order valence-electron chi connectivity index (χ2n) is 4.86. The number of nitrogens with zero attached hydrogens (tertiary/aromatic N) is 1. The Balaban J connectivity index is 2.28. The van der Waals surface area contributed by atoms with Crippen molar-refractivity contribution in [3.8, 4) is 0 Å². The molecule has 0 heterocycles. The lowest BCUT2D eigenvalue weighted by Gasteiger charge is -2.24. The minimum Gasteiger partial charge on any atom is -0.302 e. The number of primary sulfonamides is 1. The van der Waals surface area contributed by atoms with Crippen molar-refractivity contribution in [3.05, 3.63) is 29.8 Å². The largest absolute Gasteiger partial charge is 0.302 e. The molecule has 1 aromatic carbocycles. The average molecular weight is 254 g/mol. The predicted octanol–water partition coefficient (Wildman–Crippen LogP) is 1.35. The first kappa shape index (κ1) is 12.5. The second kappa shape index (κ2) is 4.40. The maximum atomic E-state index is 11.2. The highest BCUT2D eigenvalue weighted by Gasteiger charge is 2.33. The zero-order chi connectivity index (χ0) is 12.6. The van der Waals surface area contributed by atoms with E-state index in [4.69, 9.17) is 5.14 Å². The molecule has 17 heavy (non-hydrogen) atoms. The fourth-order valence-corrected chi connectivity index (χ4v) is 2.77. The number of hydrogen-bond donors (Lipinski definition) is 1. The Bertz CT molecular complexity index is 488. The first-order valence-corrected chi connectivity index (χ1v) is 7.23. The topological polar surface area (TPSA) is 63.4 Å². The van der Waals surface area contributed by atoms with Gasteiger partial charge in [0.2, 0.25) is 10.0 Å². The molecule has 0 bridgehead atoms. The average Bonchev–Trinajstić information content (AvgIpc) is 3.01. The summed E-state index contributed by atoms with van der Waals surface area (Å²) in [6, 6.07) is 7.28. The molecule has 0 spiro atoms. The lowest BCUT2D eigenvalue weighted by atomic mass is 10.0. The SMILES string of the molecule is CN(C)C(c1ccc(S(N)(=O)=O)cc1)C1CC1. The van der Waals surface area contributed by atoms with Crippen LogP contribution in [0.25, 0.3) is 0 Å². The summed E-state index contributed by atoms with van der Waals surface area (Å²) in [5.41, 5.74) is 1.16. The highest BCUT2D eigenvalue weighted by atomic mass is 32.2. The molecule has 5 heteroatoms. The van der Waals surface area contributed by atoms with Gasteiger partial charge in [0.1, 0.15) is 0 Å². The molecule has 0 aromatic heterocycles. The number of sulfonamides is 1. The van der Waals surface area contributed by atoms with E-state index >= 15 is 0 Å². The lowest BCUT2D eigenvalue weighted by Crippen LogP contribution is -2.21. The Kier molecular flexibility index (Phi) is 3.25. The fraction of sp³-hybridized carbons (Fsp3) is 0.500. The van der Waals surface area contributed by atoms with Gasteiger partial charge in [0.25, 0.3) is 0 Å². The van der Waals surface area contributed by atoms with Gasteiger partial charge < -0.3 is 4.90 Å². The van der Waals surface area contributed by atoms with Crippen LogP contribution in [-0.2, 0) is 10.0 Å². The van der Waals surface area contributed by atoms with E-state index in [9.17, 15) is 8.42 Å². The molecule has 0 radical (unpaired) electrons. The Labute approximate surface area is 102 Å². The molecular weight excluding hydrogens is 236 g/mol. The van der Waals surface area contributed by atoms with E-state index in [-0.39, 0.29) is 4.90 Å². The van der Waals surface area contributed by atoms with Gasteiger partial charge >= 0.3 is 0 Å². The Morgan fingerprint density at radius 3 is 2.12 bits per heavy atom. The van der Waals surface area contributed by atoms with Gasteiger partial charge in [-0.1, -0.05) is 12.1 Å². The molecule has 1 unspecified atom stereocenters. The standard InChI is InChI=1S/C12H18N2O2S/c1-14(2)12(9-3-4-9)10-5-7-11(8-6-10)17(13,15)16/h5-9,12H,3-4H2,1-2H3,(H2,13,15,16). The first-order valence-electron chi connectivity index (χ1n) is 5.69. The van der Waals surface area contributed by atoms with E-state index in [0.29, 0.717) is 12.0 Å². The van der Waals surface area contributed by atoms with Crippen LogP contribution in [0.5, 0.6) is 0 Å². The molecule has 0 saturated heterocycles. The molecule has 94 valence electrons. The monoisotopic (exact) mass is 254 g/mol. The first-order chi connectivity index (χ1) is 7.89. The van der Waals surface area contributed by atoms with Crippen molar-refractivity contribution in [2.24, 2.45) is 11.1 Å². The zero-order valence-corrected chi connectivity index (χ0v) is 10.9. The molecule has 1 fully saturated rings. The maximum Gasteiger partial charge on any atom is 0.238 e. The summed E-state index contributed by atoms with van der Waals surface area (Å²) in [6.07, 6.45) is 2.50. The van der Waals surface area contributed by atoms with Crippen LogP contribution >= 0.6 is 0 Å². The van der Waals surface area contributed by atoms with Crippen molar-refractivity contribution in [3.63, 3.8) is 0 Å². The summed E-state index contributed by atoms with van der Waals surface area (Å²) in [5.74, 6) is 0.699. The minimum atomic E-state index is -3.58. The second-order valence-corrected chi connectivity index (χ2v) is 6.42. The van der Waals surface area contributed by atoms with Gasteiger partial charge in [-0.15, -0.1) is 0 Å². The van der Waals surface area contributed by atoms with Crippen molar-refractivity contribution >= 4 is 10.0 Å². The molecule has 1 saturated carbocycles. The van der Waals surface area contributed by atoms with Crippen LogP contribution in [-0.4, -0.2) is 27.4 Å². The predicted molar refractivity (Wildman–Crippen MR) is 67.0 cm³/mol. The number of benzene rings is 1. The van der Waals surface area contributed by atoms with Crippen LogP contribution in [0.15, 0.2) is 29.2 Å². The van der Waals surface area contributed by atoms with Gasteiger partial charge in [0, 0.05) is 6.04 Å². The number of nitrogens with two attached hydrogens (primary N) is 1. The summed E-state index contributed by atoms with van der Waals surface area (Å²) in [6.45, 7) is 0. The van der Waals surface area contributed by atoms with Crippen LogP contribution in [0.4, 0.5) is 0 Å². The molecule has 4 nitrogen and oxygen atoms in total. The van der Waals surface area contributed by atoms with E-state index in [0.717, 1.165) is 5.56 Å². The summed E-state index contributed by atoms with van der Waals surface area (Å²) >= 11 is 0. The van der Waals surface area contributed by atoms with E-state index in [1.807, 2.05) is 12.1 Å². The van der Waals surface area contributed by atoms with Gasteiger partial charge in [-0.25, -0.2) is 13.6 Å². The third kappa shape index (κ3) is 2.86. The van der Waals surface area contributed by atoms with E-state index < -0.39 is 10.0 Å². The third-order valence-corrected chi connectivity index (χ3v) is 4.10. The minimum absolute atomic E-state index is 0.176. The van der Waals surface area contributed by atoms with Crippen LogP contribution in [0.1, 0.15) is 24.4 Å². The molecule has 1 aromatic rings. The van der Waals surface area contributed by atoms with Gasteiger partial charge in [-0.3, -0.25) is 0 Å². The van der Waals surface area contributed by atoms with Crippen molar-refractivity contribution < 1.29 is 8.42 Å². The summed E-state index contributed by atoms with van der Waals surface area (Å²) in [7, 11) is 0.521. The van der Waals surface area contributed by atoms with E-state index in [1.54, 1.807) is 12.1 Å². The summed E-state index contributed by atoms with van der Waals surface area (Å²) in [5, 5.41) is 5.08. The normalized spacial score (nSPS) is 18.4. The highest BCUT2D eigenvalue weighted by Crippen LogP contribution is 2.43. The van der Waals surface area contributed by atoms with Gasteiger partial charge in [-0.05, 0) is 50.6 Å². The zero-order valence-electron chi connectivity index (χ0n) is 10.1. The van der Waals surface area contributed by atoms with Crippen LogP contribution in [0.2, 0.25) is 0 Å². The van der Waals surface area contributed by atoms with Crippen molar-refractivity contribution in [2.75, 3.05) is 14.1 Å². The van der Waals surface area contributed by atoms with Crippen LogP contribution in [0.3, 0.4) is 0 Å². The Morgan fingerprint density at radius 1 is 1.24 bits per heavy atom. The van der Waals surface area contributed by atoms with Gasteiger partial charge in [-0.2, -0.15) is 0 Å². The van der Waals surface area contributed by atoms with E-state index in [2.05, 4.69) is 19.0 Å². The molecule has 1 aliphatic carbocycles. The third-order valence-electron chi connectivity index (χ3n) is 3.18. The van der Waals surface area contributed by atoms with Crippen LogP contribution < -0.4 is 5.14 Å². The summed E-state index contributed by atoms with van der Waals surface area (Å²) < 4.78 is 22.3. The van der Waals surface area contributed by atoms with Crippen molar-refractivity contribution in [2.45, 2.75) is 23.8 Å². The quantitative estimate of drug-likeness (QED) is 0.882. The number of rotatable bonds is 4. The van der Waals surface area contributed by atoms with E-state index in [1.165, 1.54) is 12.8 Å². The molecule has 1 atom stereocenters. The molecule has 1 aliphatic rings. The Morgan fingerprint density at radius 2 is 1.76 bits per heavy atom. The number of hydrogen-bond acceptors (Lipinski definition) is 3. The molecule has 2 rings (SSSR count). The van der Waals surface area contributed by atoms with Crippen molar-refractivity contribution in [1.82, 2.24) is 4.90 Å². The fourth-order valence-electron chi connectivity index (χ4n) is 2.26. The Hall–Kier alpha value is -0.910. The molecule has 0 aliphatic heterocycles. The highest BCUT2D eigenvalue weighted by molar-refractivity contribution is 7.89. The van der Waals surface area contributed by atoms with Gasteiger partial charge in [0.15, 0.2) is 0 Å². The lowest BCUT2D eigenvalue weighted by molar-refractivity contribution is 0.269. The maximum absolute atomic E-state index is 11.2. The van der Waals surface area contributed by atoms with Crippen LogP contribution in [0, 0.1) is 5.92 Å². The summed E-state index contributed by atoms with van der Waals surface area (Å²) in [4.78, 5) is 2.36. The molecular formula is C12H18N2O2S. The van der Waals surface area contributed by atoms with Crippen molar-refractivity contribution in [1.29, 1.82) is 0 Å². The molecule has 2 N–H and O–H groups in total. The van der Waals surface area contributed by atoms with Gasteiger partial charge in [0.05, 0.1) is 4.90 Å².